The van der Waals surface area contributed by atoms with Crippen LogP contribution in [0.5, 0.6) is 0 Å². The summed E-state index contributed by atoms with van der Waals surface area (Å²) in [6.45, 7) is 3.04. The predicted molar refractivity (Wildman–Crippen MR) is 146 cm³/mol. The molecule has 2 amide bonds. The van der Waals surface area contributed by atoms with Crippen molar-refractivity contribution in [3.8, 4) is 0 Å². The lowest BCUT2D eigenvalue weighted by molar-refractivity contribution is -0.118. The number of fused-ring (bicyclic) bond motifs is 2. The van der Waals surface area contributed by atoms with Gasteiger partial charge in [-0.2, -0.15) is 0 Å². The molecule has 4 saturated carbocycles. The molecule has 0 radical (unpaired) electrons. The third-order valence-electron chi connectivity index (χ3n) is 10.4. The highest BCUT2D eigenvalue weighted by Gasteiger charge is 2.56. The van der Waals surface area contributed by atoms with Crippen molar-refractivity contribution in [2.24, 2.45) is 22.7 Å². The zero-order valence-electron chi connectivity index (χ0n) is 23.4. The zero-order chi connectivity index (χ0) is 27.2. The Hall–Kier alpha value is -3.04. The standard InChI is InChI=1S/C30H42N6O4/c37-27(39-23-3-11-35-13-9-31-25(23)35)33-7-1-5-29-16-21-15-22(17-29)19-30(18-21,20-29)6-2-8-34-28(38)40-24-4-12-36-14-10-32-26(24)36/h9-10,13-14,21-24H,1-8,11-12,15-20H2,(H,33,37)(H,34,38)/t21?,22?,23-,24-,29?,30?/m1/s1. The Morgan fingerprint density at radius 2 is 1.27 bits per heavy atom. The summed E-state index contributed by atoms with van der Waals surface area (Å²) in [5, 5.41) is 6.00. The lowest BCUT2D eigenvalue weighted by Crippen LogP contribution is -2.52. The monoisotopic (exact) mass is 550 g/mol. The summed E-state index contributed by atoms with van der Waals surface area (Å²) in [6, 6.07) is 0. The molecule has 10 nitrogen and oxygen atoms in total. The predicted octanol–water partition coefficient (Wildman–Crippen LogP) is 5.27. The summed E-state index contributed by atoms with van der Waals surface area (Å²) in [7, 11) is 0. The van der Waals surface area contributed by atoms with Crippen LogP contribution in [-0.4, -0.2) is 44.4 Å². The number of hydrogen-bond donors (Lipinski definition) is 2. The van der Waals surface area contributed by atoms with Crippen molar-refractivity contribution in [2.45, 2.75) is 102 Å². The van der Waals surface area contributed by atoms with Crippen LogP contribution in [0.3, 0.4) is 0 Å². The topological polar surface area (TPSA) is 112 Å². The number of carbonyl (C=O) groups is 2. The van der Waals surface area contributed by atoms with Crippen molar-refractivity contribution in [2.75, 3.05) is 13.1 Å². The molecule has 2 aromatic heterocycles. The van der Waals surface area contributed by atoms with Crippen molar-refractivity contribution in [1.82, 2.24) is 29.7 Å². The molecule has 0 spiro atoms. The fourth-order valence-corrected chi connectivity index (χ4v) is 9.47. The Labute approximate surface area is 235 Å². The van der Waals surface area contributed by atoms with Gasteiger partial charge in [0.1, 0.15) is 11.6 Å². The first-order valence-electron chi connectivity index (χ1n) is 15.4. The van der Waals surface area contributed by atoms with Crippen LogP contribution in [0.25, 0.3) is 0 Å². The fraction of sp³-hybridized carbons (Fsp3) is 0.733. The lowest BCUT2D eigenvalue weighted by atomic mass is 9.42. The molecule has 0 aromatic carbocycles. The number of amides is 2. The van der Waals surface area contributed by atoms with Crippen LogP contribution >= 0.6 is 0 Å². The van der Waals surface area contributed by atoms with Gasteiger partial charge >= 0.3 is 12.2 Å². The van der Waals surface area contributed by atoms with Gasteiger partial charge in [0, 0.05) is 63.8 Å². The molecular weight excluding hydrogens is 508 g/mol. The quantitative estimate of drug-likeness (QED) is 0.390. The number of nitrogens with one attached hydrogen (secondary N) is 2. The van der Waals surface area contributed by atoms with Crippen LogP contribution < -0.4 is 10.6 Å². The zero-order valence-corrected chi connectivity index (χ0v) is 23.4. The number of aromatic nitrogens is 4. The maximum atomic E-state index is 12.4. The molecule has 4 heterocycles. The molecule has 2 atom stereocenters. The third kappa shape index (κ3) is 5.09. The molecule has 40 heavy (non-hydrogen) atoms. The summed E-state index contributed by atoms with van der Waals surface area (Å²) < 4.78 is 15.4. The molecule has 216 valence electrons. The summed E-state index contributed by atoms with van der Waals surface area (Å²) in [6.07, 6.45) is 20.3. The molecule has 4 aliphatic carbocycles. The molecule has 4 bridgehead atoms. The number of aryl methyl sites for hydroxylation is 2. The molecule has 2 aliphatic heterocycles. The van der Waals surface area contributed by atoms with Crippen molar-refractivity contribution < 1.29 is 19.1 Å². The van der Waals surface area contributed by atoms with E-state index in [0.29, 0.717) is 23.9 Å². The SMILES string of the molecule is O=C(NCCCC12CC3CC(C1)CC(CCCNC(=O)O[C@@H]1CCn4ccnc41)(C3)C2)O[C@@H]1CCn2ccnc21. The third-order valence-corrected chi connectivity index (χ3v) is 10.4. The second kappa shape index (κ2) is 10.4. The highest BCUT2D eigenvalue weighted by atomic mass is 16.6. The van der Waals surface area contributed by atoms with Gasteiger partial charge in [-0.15, -0.1) is 0 Å². The van der Waals surface area contributed by atoms with Gasteiger partial charge in [0.15, 0.2) is 12.2 Å². The summed E-state index contributed by atoms with van der Waals surface area (Å²) >= 11 is 0. The second-order valence-electron chi connectivity index (χ2n) is 13.3. The molecule has 2 aromatic rings. The van der Waals surface area contributed by atoms with Gasteiger partial charge < -0.3 is 29.2 Å². The van der Waals surface area contributed by atoms with Crippen LogP contribution in [0.15, 0.2) is 24.8 Å². The largest absolute Gasteiger partial charge is 0.438 e. The van der Waals surface area contributed by atoms with Crippen molar-refractivity contribution in [1.29, 1.82) is 0 Å². The van der Waals surface area contributed by atoms with Crippen LogP contribution in [0.4, 0.5) is 9.59 Å². The molecule has 10 heteroatoms. The molecule has 0 unspecified atom stereocenters. The van der Waals surface area contributed by atoms with Crippen LogP contribution in [0, 0.1) is 22.7 Å². The van der Waals surface area contributed by atoms with E-state index in [1.165, 1.54) is 51.4 Å². The summed E-state index contributed by atoms with van der Waals surface area (Å²) in [5.74, 6) is 3.38. The van der Waals surface area contributed by atoms with E-state index in [2.05, 4.69) is 29.7 Å². The van der Waals surface area contributed by atoms with E-state index in [4.69, 9.17) is 9.47 Å². The minimum absolute atomic E-state index is 0.235. The molecule has 0 saturated heterocycles. The number of hydrogen-bond acceptors (Lipinski definition) is 6. The molecule has 2 N–H and O–H groups in total. The molecule has 6 aliphatic rings. The molecule has 8 rings (SSSR count). The Bertz CT molecular complexity index is 1130. The van der Waals surface area contributed by atoms with Crippen LogP contribution in [-0.2, 0) is 22.6 Å². The summed E-state index contributed by atoms with van der Waals surface area (Å²) in [5.41, 5.74) is 0.839. The Kier molecular flexibility index (Phi) is 6.74. The maximum absolute atomic E-state index is 12.4. The smallest absolute Gasteiger partial charge is 0.407 e. The Morgan fingerprint density at radius 3 is 1.75 bits per heavy atom. The van der Waals surface area contributed by atoms with Crippen LogP contribution in [0.2, 0.25) is 0 Å². The lowest BCUT2D eigenvalue weighted by Gasteiger charge is -2.63. The average Bonchev–Trinajstić information content (AvgIpc) is 3.69. The summed E-state index contributed by atoms with van der Waals surface area (Å²) in [4.78, 5) is 33.5. The maximum Gasteiger partial charge on any atom is 0.407 e. The van der Waals surface area contributed by atoms with E-state index < -0.39 is 0 Å². The van der Waals surface area contributed by atoms with Gasteiger partial charge in [0.05, 0.1) is 0 Å². The minimum Gasteiger partial charge on any atom is -0.438 e. The highest BCUT2D eigenvalue weighted by Crippen LogP contribution is 2.67. The minimum atomic E-state index is -0.326. The van der Waals surface area contributed by atoms with E-state index in [-0.39, 0.29) is 24.4 Å². The fourth-order valence-electron chi connectivity index (χ4n) is 9.47. The number of rotatable bonds is 10. The highest BCUT2D eigenvalue weighted by molar-refractivity contribution is 5.67. The van der Waals surface area contributed by atoms with E-state index in [1.807, 2.05) is 12.4 Å². The van der Waals surface area contributed by atoms with Gasteiger partial charge in [-0.25, -0.2) is 19.6 Å². The van der Waals surface area contributed by atoms with E-state index in [0.717, 1.165) is 62.3 Å². The number of ether oxygens (including phenoxy) is 2. The van der Waals surface area contributed by atoms with Gasteiger partial charge in [0.25, 0.3) is 0 Å². The van der Waals surface area contributed by atoms with Gasteiger partial charge in [-0.05, 0) is 86.9 Å². The Morgan fingerprint density at radius 1 is 0.800 bits per heavy atom. The Balaban J connectivity index is 0.848. The van der Waals surface area contributed by atoms with Crippen molar-refractivity contribution in [3.05, 3.63) is 36.4 Å². The van der Waals surface area contributed by atoms with Crippen LogP contribution in [0.1, 0.15) is 101 Å². The first-order chi connectivity index (χ1) is 19.5. The first kappa shape index (κ1) is 25.9. The normalized spacial score (nSPS) is 33.0. The van der Waals surface area contributed by atoms with Gasteiger partial charge in [-0.1, -0.05) is 0 Å². The first-order valence-corrected chi connectivity index (χ1v) is 15.4. The molecular formula is C30H42N6O4. The van der Waals surface area contributed by atoms with E-state index in [9.17, 15) is 9.59 Å². The average molecular weight is 551 g/mol. The van der Waals surface area contributed by atoms with E-state index in [1.54, 1.807) is 12.4 Å². The second-order valence-corrected chi connectivity index (χ2v) is 13.3. The van der Waals surface area contributed by atoms with Crippen molar-refractivity contribution in [3.63, 3.8) is 0 Å². The van der Waals surface area contributed by atoms with Gasteiger partial charge in [-0.3, -0.25) is 0 Å². The van der Waals surface area contributed by atoms with Gasteiger partial charge in [0.2, 0.25) is 0 Å². The number of nitrogens with zero attached hydrogens (tertiary/aromatic N) is 4. The van der Waals surface area contributed by atoms with Crippen molar-refractivity contribution >= 4 is 12.2 Å². The molecule has 4 fully saturated rings. The number of imidazole rings is 2. The number of carbonyl (C=O) groups excluding carboxylic acids is 2. The number of alkyl carbamates (subject to hydrolysis) is 2. The van der Waals surface area contributed by atoms with E-state index >= 15 is 0 Å².